The van der Waals surface area contributed by atoms with E-state index in [4.69, 9.17) is 9.47 Å². The Morgan fingerprint density at radius 3 is 2.48 bits per heavy atom. The van der Waals surface area contributed by atoms with Gasteiger partial charge in [0.2, 0.25) is 5.88 Å². The lowest BCUT2D eigenvalue weighted by molar-refractivity contribution is 0.111. The molecule has 1 aromatic heterocycles. The van der Waals surface area contributed by atoms with E-state index in [1.165, 1.54) is 0 Å². The number of ether oxygens (including phenoxy) is 2. The van der Waals surface area contributed by atoms with E-state index in [1.807, 2.05) is 59.2 Å². The van der Waals surface area contributed by atoms with Crippen LogP contribution in [0.1, 0.15) is 10.4 Å². The highest BCUT2D eigenvalue weighted by atomic mass is 16.5. The predicted molar refractivity (Wildman–Crippen MR) is 80.9 cm³/mol. The summed E-state index contributed by atoms with van der Waals surface area (Å²) >= 11 is 0. The first-order valence-electron chi connectivity index (χ1n) is 6.63. The van der Waals surface area contributed by atoms with Crippen molar-refractivity contribution < 1.29 is 14.3 Å². The van der Waals surface area contributed by atoms with Crippen molar-refractivity contribution >= 4 is 17.2 Å². The normalized spacial score (nSPS) is 10.7. The van der Waals surface area contributed by atoms with Crippen LogP contribution < -0.4 is 4.74 Å². The van der Waals surface area contributed by atoms with Gasteiger partial charge in [-0.3, -0.25) is 9.36 Å². The second-order valence-corrected chi connectivity index (χ2v) is 4.61. The minimum absolute atomic E-state index is 0.316. The highest BCUT2D eigenvalue weighted by Crippen LogP contribution is 2.33. The van der Waals surface area contributed by atoms with E-state index in [-0.39, 0.29) is 0 Å². The number of fused-ring (bicyclic) bond motifs is 1. The van der Waals surface area contributed by atoms with Gasteiger partial charge in [0.05, 0.1) is 11.1 Å². The third-order valence-electron chi connectivity index (χ3n) is 3.29. The molecule has 0 spiro atoms. The van der Waals surface area contributed by atoms with Crippen molar-refractivity contribution in [1.82, 2.24) is 4.57 Å². The first-order valence-corrected chi connectivity index (χ1v) is 6.63. The predicted octanol–water partition coefficient (Wildman–Crippen LogP) is 3.85. The molecule has 0 N–H and O–H groups in total. The molecule has 0 radical (unpaired) electrons. The maximum Gasteiger partial charge on any atom is 0.213 e. The highest BCUT2D eigenvalue weighted by molar-refractivity contribution is 6.01. The molecule has 3 rings (SSSR count). The van der Waals surface area contributed by atoms with Crippen LogP contribution in [0, 0.1) is 0 Å². The van der Waals surface area contributed by atoms with Gasteiger partial charge in [-0.05, 0) is 18.2 Å². The summed E-state index contributed by atoms with van der Waals surface area (Å²) in [6, 6.07) is 17.1. The van der Waals surface area contributed by atoms with Crippen molar-refractivity contribution in [2.24, 2.45) is 0 Å². The molecule has 0 amide bonds. The molecule has 0 unspecified atom stereocenters. The van der Waals surface area contributed by atoms with Gasteiger partial charge in [0.15, 0.2) is 6.29 Å². The zero-order chi connectivity index (χ0) is 14.7. The number of hydrogen-bond donors (Lipinski definition) is 0. The van der Waals surface area contributed by atoms with Crippen LogP contribution in [0.3, 0.4) is 0 Å². The summed E-state index contributed by atoms with van der Waals surface area (Å²) in [4.78, 5) is 11.5. The zero-order valence-corrected chi connectivity index (χ0v) is 11.7. The van der Waals surface area contributed by atoms with E-state index in [0.717, 1.165) is 17.2 Å². The molecule has 3 aromatic rings. The molecule has 0 bridgehead atoms. The minimum atomic E-state index is 0.316. The monoisotopic (exact) mass is 281 g/mol. The SMILES string of the molecule is COCn1c(Oc2ccccc2)c(C=O)c2ccccc21. The second kappa shape index (κ2) is 5.81. The van der Waals surface area contributed by atoms with Gasteiger partial charge in [-0.15, -0.1) is 0 Å². The number of aldehydes is 1. The first kappa shape index (κ1) is 13.4. The van der Waals surface area contributed by atoms with Crippen LogP contribution in [0.4, 0.5) is 0 Å². The topological polar surface area (TPSA) is 40.5 Å². The number of carbonyl (C=O) groups is 1. The second-order valence-electron chi connectivity index (χ2n) is 4.61. The number of methoxy groups -OCH3 is 1. The fourth-order valence-electron chi connectivity index (χ4n) is 2.39. The lowest BCUT2D eigenvalue weighted by atomic mass is 10.2. The Labute approximate surface area is 122 Å². The molecule has 2 aromatic carbocycles. The third-order valence-corrected chi connectivity index (χ3v) is 3.29. The maximum absolute atomic E-state index is 11.5. The number of para-hydroxylation sites is 2. The summed E-state index contributed by atoms with van der Waals surface area (Å²) in [6.07, 6.45) is 0.826. The smallest absolute Gasteiger partial charge is 0.213 e. The first-order chi connectivity index (χ1) is 10.3. The highest BCUT2D eigenvalue weighted by Gasteiger charge is 2.18. The van der Waals surface area contributed by atoms with Crippen LogP contribution in [0.25, 0.3) is 10.9 Å². The molecule has 4 heteroatoms. The number of nitrogens with zero attached hydrogens (tertiary/aromatic N) is 1. The zero-order valence-electron chi connectivity index (χ0n) is 11.7. The number of rotatable bonds is 5. The molecule has 4 nitrogen and oxygen atoms in total. The molecule has 0 fully saturated rings. The quantitative estimate of drug-likeness (QED) is 0.667. The Balaban J connectivity index is 2.19. The van der Waals surface area contributed by atoms with Crippen LogP contribution in [-0.2, 0) is 11.5 Å². The largest absolute Gasteiger partial charge is 0.440 e. The van der Waals surface area contributed by atoms with E-state index in [1.54, 1.807) is 7.11 Å². The summed E-state index contributed by atoms with van der Waals surface area (Å²) in [5.41, 5.74) is 1.44. The molecular weight excluding hydrogens is 266 g/mol. The molecule has 1 heterocycles. The molecule has 106 valence electrons. The van der Waals surface area contributed by atoms with Gasteiger partial charge in [-0.1, -0.05) is 36.4 Å². The van der Waals surface area contributed by atoms with Gasteiger partial charge in [0.25, 0.3) is 0 Å². The van der Waals surface area contributed by atoms with Crippen molar-refractivity contribution in [3.05, 3.63) is 60.2 Å². The van der Waals surface area contributed by atoms with Gasteiger partial charge in [-0.25, -0.2) is 0 Å². The number of hydrogen-bond acceptors (Lipinski definition) is 3. The molecule has 0 saturated carbocycles. The van der Waals surface area contributed by atoms with Crippen LogP contribution in [0.15, 0.2) is 54.6 Å². The molecule has 21 heavy (non-hydrogen) atoms. The fraction of sp³-hybridized carbons (Fsp3) is 0.118. The van der Waals surface area contributed by atoms with E-state index < -0.39 is 0 Å². The van der Waals surface area contributed by atoms with E-state index >= 15 is 0 Å². The maximum atomic E-state index is 11.5. The van der Waals surface area contributed by atoms with Crippen molar-refractivity contribution in [2.75, 3.05) is 7.11 Å². The van der Waals surface area contributed by atoms with Crippen molar-refractivity contribution in [1.29, 1.82) is 0 Å². The molecular formula is C17H15NO3. The van der Waals surface area contributed by atoms with Crippen LogP contribution in [0.5, 0.6) is 11.6 Å². The summed E-state index contributed by atoms with van der Waals surface area (Å²) < 4.78 is 13.0. The molecule has 0 aliphatic carbocycles. The number of aromatic nitrogens is 1. The van der Waals surface area contributed by atoms with Gasteiger partial charge in [-0.2, -0.15) is 0 Å². The van der Waals surface area contributed by atoms with Gasteiger partial charge >= 0.3 is 0 Å². The lowest BCUT2D eigenvalue weighted by Gasteiger charge is -2.11. The number of carbonyl (C=O) groups excluding carboxylic acids is 1. The van der Waals surface area contributed by atoms with Gasteiger partial charge < -0.3 is 9.47 Å². The minimum Gasteiger partial charge on any atom is -0.440 e. The Morgan fingerprint density at radius 2 is 1.76 bits per heavy atom. The fourth-order valence-corrected chi connectivity index (χ4v) is 2.39. The van der Waals surface area contributed by atoms with Crippen molar-refractivity contribution in [3.8, 4) is 11.6 Å². The Bertz CT molecular complexity index is 762. The van der Waals surface area contributed by atoms with Crippen molar-refractivity contribution in [2.45, 2.75) is 6.73 Å². The molecule has 0 saturated heterocycles. The molecule has 0 aliphatic rings. The molecule has 0 aliphatic heterocycles. The van der Waals surface area contributed by atoms with E-state index in [9.17, 15) is 4.79 Å². The standard InChI is InChI=1S/C17H15NO3/c1-20-12-18-16-10-6-5-9-14(16)15(11-19)17(18)21-13-7-3-2-4-8-13/h2-11H,12H2,1H3. The lowest BCUT2D eigenvalue weighted by Crippen LogP contribution is -2.02. The van der Waals surface area contributed by atoms with Gasteiger partial charge in [0, 0.05) is 12.5 Å². The Kier molecular flexibility index (Phi) is 3.71. The number of benzene rings is 2. The summed E-state index contributed by atoms with van der Waals surface area (Å²) in [7, 11) is 1.61. The Morgan fingerprint density at radius 1 is 1.05 bits per heavy atom. The van der Waals surface area contributed by atoms with E-state index in [2.05, 4.69) is 0 Å². The average Bonchev–Trinajstić information content (AvgIpc) is 2.82. The average molecular weight is 281 g/mol. The summed E-state index contributed by atoms with van der Waals surface area (Å²) in [5, 5.41) is 0.857. The molecule has 0 atom stereocenters. The van der Waals surface area contributed by atoms with Crippen LogP contribution >= 0.6 is 0 Å². The van der Waals surface area contributed by atoms with Crippen LogP contribution in [-0.4, -0.2) is 18.0 Å². The van der Waals surface area contributed by atoms with Crippen molar-refractivity contribution in [3.63, 3.8) is 0 Å². The third kappa shape index (κ3) is 2.41. The van der Waals surface area contributed by atoms with Gasteiger partial charge in [0.1, 0.15) is 12.5 Å². The summed E-state index contributed by atoms with van der Waals surface area (Å²) in [6.45, 7) is 0.316. The van der Waals surface area contributed by atoms with Crippen LogP contribution in [0.2, 0.25) is 0 Å². The Hall–Kier alpha value is -2.59. The summed E-state index contributed by atoms with van der Waals surface area (Å²) in [5.74, 6) is 1.18. The van der Waals surface area contributed by atoms with E-state index in [0.29, 0.717) is 23.9 Å².